The van der Waals surface area contributed by atoms with Gasteiger partial charge in [0.1, 0.15) is 11.6 Å². The van der Waals surface area contributed by atoms with Gasteiger partial charge in [-0.25, -0.2) is 13.6 Å². The van der Waals surface area contributed by atoms with Crippen molar-refractivity contribution in [2.75, 3.05) is 37.6 Å². The summed E-state index contributed by atoms with van der Waals surface area (Å²) in [7, 11) is 0. The predicted octanol–water partition coefficient (Wildman–Crippen LogP) is 1.28. The lowest BCUT2D eigenvalue weighted by atomic mass is 9.89. The normalized spacial score (nSPS) is 22.9. The molecule has 0 radical (unpaired) electrons. The Bertz CT molecular complexity index is 941. The maximum atomic E-state index is 14.8. The number of nitrogens with one attached hydrogen (secondary N) is 1. The van der Waals surface area contributed by atoms with Gasteiger partial charge >= 0.3 is 6.09 Å². The van der Waals surface area contributed by atoms with Crippen molar-refractivity contribution in [1.29, 1.82) is 0 Å². The third-order valence-corrected chi connectivity index (χ3v) is 6.45. The minimum absolute atomic E-state index is 0.0128. The van der Waals surface area contributed by atoms with E-state index in [4.69, 9.17) is 5.11 Å². The van der Waals surface area contributed by atoms with Crippen LogP contribution in [0, 0.1) is 11.6 Å². The Morgan fingerprint density at radius 3 is 2.22 bits per heavy atom. The van der Waals surface area contributed by atoms with Crippen molar-refractivity contribution < 1.29 is 33.1 Å². The number of halogens is 2. The Hall–Kier alpha value is -3.24. The third kappa shape index (κ3) is 4.23. The van der Waals surface area contributed by atoms with Crippen molar-refractivity contribution in [1.82, 2.24) is 15.1 Å². The molecule has 0 bridgehead atoms. The minimum atomic E-state index is -1.07. The molecule has 1 atom stereocenters. The van der Waals surface area contributed by atoms with E-state index in [-0.39, 0.29) is 42.6 Å². The molecule has 0 spiro atoms. The Morgan fingerprint density at radius 1 is 1.00 bits per heavy atom. The highest BCUT2D eigenvalue weighted by Gasteiger charge is 2.35. The van der Waals surface area contributed by atoms with Crippen LogP contribution in [0.2, 0.25) is 0 Å². The molecule has 4 amide bonds. The molecule has 9 nitrogen and oxygen atoms in total. The van der Waals surface area contributed by atoms with Gasteiger partial charge in [0.2, 0.25) is 17.7 Å². The SMILES string of the molecule is O=C1CCC(c2c(F)cc(N3CCN(C4CCN(C(=O)O)CC4)C(=O)C3)cc2F)C(=O)N1. The smallest absolute Gasteiger partial charge is 0.407 e. The van der Waals surface area contributed by atoms with E-state index in [9.17, 15) is 28.0 Å². The average molecular weight is 450 g/mol. The summed E-state index contributed by atoms with van der Waals surface area (Å²) in [6.45, 7) is 1.43. The summed E-state index contributed by atoms with van der Waals surface area (Å²) in [4.78, 5) is 51.8. The molecule has 3 fully saturated rings. The maximum Gasteiger partial charge on any atom is 0.407 e. The van der Waals surface area contributed by atoms with E-state index in [1.807, 2.05) is 0 Å². The molecule has 0 aromatic heterocycles. The standard InChI is InChI=1S/C21H24F2N4O5/c22-15-9-13(10-16(23)19(15)14-1-2-17(28)24-20(14)30)26-7-8-27(18(29)11-26)12-3-5-25(6-4-12)21(31)32/h9-10,12,14H,1-8,11H2,(H,31,32)(H,24,28,30). The minimum Gasteiger partial charge on any atom is -0.465 e. The van der Waals surface area contributed by atoms with E-state index in [1.165, 1.54) is 4.90 Å². The van der Waals surface area contributed by atoms with Crippen molar-refractivity contribution in [2.24, 2.45) is 0 Å². The number of imide groups is 1. The number of nitrogens with zero attached hydrogens (tertiary/aromatic N) is 3. The summed E-state index contributed by atoms with van der Waals surface area (Å²) in [5.41, 5.74) is -0.154. The predicted molar refractivity (Wildman–Crippen MR) is 108 cm³/mol. The molecule has 3 aliphatic rings. The maximum absolute atomic E-state index is 14.8. The second-order valence-corrected chi connectivity index (χ2v) is 8.34. The number of carboxylic acid groups (broad SMARTS) is 1. The number of likely N-dealkylation sites (tertiary alicyclic amines) is 1. The van der Waals surface area contributed by atoms with Gasteiger partial charge in [-0.15, -0.1) is 0 Å². The Kier molecular flexibility index (Phi) is 5.98. The fraction of sp³-hybridized carbons (Fsp3) is 0.524. The zero-order valence-electron chi connectivity index (χ0n) is 17.4. The molecule has 11 heteroatoms. The van der Waals surface area contributed by atoms with Crippen molar-refractivity contribution in [3.63, 3.8) is 0 Å². The van der Waals surface area contributed by atoms with Crippen LogP contribution in [-0.2, 0) is 14.4 Å². The number of hydrogen-bond acceptors (Lipinski definition) is 5. The van der Waals surface area contributed by atoms with Gasteiger partial charge in [-0.05, 0) is 31.4 Å². The van der Waals surface area contributed by atoms with Crippen LogP contribution in [0.5, 0.6) is 0 Å². The largest absolute Gasteiger partial charge is 0.465 e. The Balaban J connectivity index is 1.43. The van der Waals surface area contributed by atoms with Crippen molar-refractivity contribution in [3.05, 3.63) is 29.3 Å². The van der Waals surface area contributed by atoms with Crippen molar-refractivity contribution in [3.8, 4) is 0 Å². The van der Waals surface area contributed by atoms with E-state index >= 15 is 0 Å². The van der Waals surface area contributed by atoms with E-state index in [0.717, 1.165) is 12.1 Å². The molecule has 0 saturated carbocycles. The lowest BCUT2D eigenvalue weighted by Gasteiger charge is -2.42. The van der Waals surface area contributed by atoms with E-state index in [1.54, 1.807) is 9.80 Å². The van der Waals surface area contributed by atoms with Gasteiger partial charge in [-0.3, -0.25) is 19.7 Å². The fourth-order valence-corrected chi connectivity index (χ4v) is 4.72. The number of piperidine rings is 2. The third-order valence-electron chi connectivity index (χ3n) is 6.45. The number of carbonyl (C=O) groups excluding carboxylic acids is 3. The van der Waals surface area contributed by atoms with Crippen LogP contribution in [0.25, 0.3) is 0 Å². The Labute approximate surface area is 182 Å². The first-order valence-electron chi connectivity index (χ1n) is 10.6. The van der Waals surface area contributed by atoms with Gasteiger partial charge in [0.25, 0.3) is 0 Å². The first kappa shape index (κ1) is 22.0. The summed E-state index contributed by atoms with van der Waals surface area (Å²) in [5, 5.41) is 11.2. The Morgan fingerprint density at radius 2 is 1.66 bits per heavy atom. The highest BCUT2D eigenvalue weighted by atomic mass is 19.1. The molecule has 3 aliphatic heterocycles. The lowest BCUT2D eigenvalue weighted by Crippen LogP contribution is -2.56. The van der Waals surface area contributed by atoms with Gasteiger partial charge in [-0.2, -0.15) is 0 Å². The molecular formula is C21H24F2N4O5. The molecule has 32 heavy (non-hydrogen) atoms. The second kappa shape index (κ2) is 8.71. The monoisotopic (exact) mass is 450 g/mol. The van der Waals surface area contributed by atoms with E-state index in [0.29, 0.717) is 39.0 Å². The summed E-state index contributed by atoms with van der Waals surface area (Å²) < 4.78 is 29.6. The first-order chi connectivity index (χ1) is 15.2. The number of hydrogen-bond donors (Lipinski definition) is 2. The summed E-state index contributed by atoms with van der Waals surface area (Å²) in [6, 6.07) is 2.19. The molecule has 2 N–H and O–H groups in total. The lowest BCUT2D eigenvalue weighted by molar-refractivity contribution is -0.135. The number of piperazine rings is 1. The van der Waals surface area contributed by atoms with Gasteiger partial charge in [0.05, 0.1) is 12.5 Å². The van der Waals surface area contributed by atoms with Crippen LogP contribution in [-0.4, -0.2) is 77.5 Å². The van der Waals surface area contributed by atoms with Gasteiger partial charge in [0, 0.05) is 49.9 Å². The van der Waals surface area contributed by atoms with Crippen LogP contribution >= 0.6 is 0 Å². The molecule has 1 aromatic rings. The number of rotatable bonds is 3. The fourth-order valence-electron chi connectivity index (χ4n) is 4.72. The molecule has 172 valence electrons. The van der Waals surface area contributed by atoms with Crippen LogP contribution in [0.3, 0.4) is 0 Å². The number of carbonyl (C=O) groups is 4. The highest BCUT2D eigenvalue weighted by molar-refractivity contribution is 6.01. The summed E-state index contributed by atoms with van der Waals surface area (Å²) in [6.07, 6.45) is 0.197. The number of amides is 4. The molecule has 0 aliphatic carbocycles. The van der Waals surface area contributed by atoms with Gasteiger partial charge in [0.15, 0.2) is 0 Å². The quantitative estimate of drug-likeness (QED) is 0.672. The number of benzene rings is 1. The zero-order valence-corrected chi connectivity index (χ0v) is 17.4. The van der Waals surface area contributed by atoms with E-state index < -0.39 is 35.5 Å². The van der Waals surface area contributed by atoms with E-state index in [2.05, 4.69) is 5.32 Å². The van der Waals surface area contributed by atoms with Crippen LogP contribution in [0.1, 0.15) is 37.2 Å². The molecule has 3 heterocycles. The van der Waals surface area contributed by atoms with Crippen LogP contribution < -0.4 is 10.2 Å². The second-order valence-electron chi connectivity index (χ2n) is 8.34. The molecule has 3 saturated heterocycles. The van der Waals surface area contributed by atoms with Crippen molar-refractivity contribution in [2.45, 2.75) is 37.6 Å². The highest BCUT2D eigenvalue weighted by Crippen LogP contribution is 2.33. The number of anilines is 1. The first-order valence-corrected chi connectivity index (χ1v) is 10.6. The van der Waals surface area contributed by atoms with Crippen LogP contribution in [0.4, 0.5) is 19.3 Å². The zero-order chi connectivity index (χ0) is 23.0. The molecule has 1 unspecified atom stereocenters. The molecule has 1 aromatic carbocycles. The molecule has 4 rings (SSSR count). The van der Waals surface area contributed by atoms with Crippen LogP contribution in [0.15, 0.2) is 12.1 Å². The van der Waals surface area contributed by atoms with Gasteiger partial charge in [-0.1, -0.05) is 0 Å². The van der Waals surface area contributed by atoms with Crippen molar-refractivity contribution >= 4 is 29.5 Å². The molecular weight excluding hydrogens is 426 g/mol. The average Bonchev–Trinajstić information content (AvgIpc) is 2.74. The summed E-state index contributed by atoms with van der Waals surface area (Å²) in [5.74, 6) is -4.20. The summed E-state index contributed by atoms with van der Waals surface area (Å²) >= 11 is 0. The van der Waals surface area contributed by atoms with Gasteiger partial charge < -0.3 is 19.8 Å². The topological polar surface area (TPSA) is 110 Å².